The number of aliphatic hydroxyl groups is 1. The van der Waals surface area contributed by atoms with E-state index in [2.05, 4.69) is 13.8 Å². The molecule has 1 nitrogen and oxygen atoms in total. The molecule has 1 unspecified atom stereocenters. The zero-order valence-electron chi connectivity index (χ0n) is 10.6. The zero-order valence-corrected chi connectivity index (χ0v) is 11.4. The Morgan fingerprint density at radius 1 is 1.41 bits per heavy atom. The fraction of sp³-hybridized carbons (Fsp3) is 0.571. The summed E-state index contributed by atoms with van der Waals surface area (Å²) >= 11 is 5.95. The molecule has 1 rings (SSSR count). The van der Waals surface area contributed by atoms with Crippen molar-refractivity contribution in [3.8, 4) is 0 Å². The van der Waals surface area contributed by atoms with Crippen LogP contribution in [0.1, 0.15) is 39.2 Å². The van der Waals surface area contributed by atoms with Gasteiger partial charge in [-0.25, -0.2) is 4.39 Å². The van der Waals surface area contributed by atoms with Crippen LogP contribution in [0.3, 0.4) is 0 Å². The van der Waals surface area contributed by atoms with Gasteiger partial charge >= 0.3 is 0 Å². The topological polar surface area (TPSA) is 20.2 Å². The van der Waals surface area contributed by atoms with Gasteiger partial charge in [0, 0.05) is 11.4 Å². The van der Waals surface area contributed by atoms with Crippen LogP contribution in [0, 0.1) is 11.7 Å². The lowest BCUT2D eigenvalue weighted by atomic mass is 9.89. The van der Waals surface area contributed by atoms with Gasteiger partial charge in [0.15, 0.2) is 0 Å². The highest BCUT2D eigenvalue weighted by Crippen LogP contribution is 2.26. The molecule has 0 radical (unpaired) electrons. The van der Waals surface area contributed by atoms with E-state index in [1.807, 2.05) is 0 Å². The quantitative estimate of drug-likeness (QED) is 0.839. The summed E-state index contributed by atoms with van der Waals surface area (Å²) in [5.74, 6) is 0.214. The van der Waals surface area contributed by atoms with Crippen molar-refractivity contribution in [3.63, 3.8) is 0 Å². The zero-order chi connectivity index (χ0) is 13.1. The molecule has 3 heteroatoms. The molecule has 0 saturated carbocycles. The monoisotopic (exact) mass is 258 g/mol. The maximum Gasteiger partial charge on any atom is 0.124 e. The fourth-order valence-corrected chi connectivity index (χ4v) is 2.00. The molecular formula is C14H20ClFO. The van der Waals surface area contributed by atoms with Gasteiger partial charge in [-0.05, 0) is 43.4 Å². The van der Waals surface area contributed by atoms with E-state index in [0.717, 1.165) is 18.4 Å². The van der Waals surface area contributed by atoms with Crippen molar-refractivity contribution in [2.24, 2.45) is 5.92 Å². The summed E-state index contributed by atoms with van der Waals surface area (Å²) in [7, 11) is 0. The van der Waals surface area contributed by atoms with Crippen LogP contribution in [-0.4, -0.2) is 10.7 Å². The van der Waals surface area contributed by atoms with E-state index < -0.39 is 5.60 Å². The number of halogens is 2. The van der Waals surface area contributed by atoms with Gasteiger partial charge in [0.05, 0.1) is 5.60 Å². The minimum atomic E-state index is -0.786. The number of benzene rings is 1. The van der Waals surface area contributed by atoms with Gasteiger partial charge in [-0.3, -0.25) is 0 Å². The SMILES string of the molecule is CC(C)CCC(C)(O)Cc1ccc(F)cc1Cl. The Morgan fingerprint density at radius 2 is 2.06 bits per heavy atom. The normalized spacial score (nSPS) is 15.0. The summed E-state index contributed by atoms with van der Waals surface area (Å²) in [6.07, 6.45) is 2.14. The Balaban J connectivity index is 2.68. The van der Waals surface area contributed by atoms with E-state index in [4.69, 9.17) is 11.6 Å². The van der Waals surface area contributed by atoms with Gasteiger partial charge in [-0.1, -0.05) is 31.5 Å². The predicted molar refractivity (Wildman–Crippen MR) is 69.8 cm³/mol. The molecule has 1 atom stereocenters. The molecule has 0 aliphatic carbocycles. The Labute approximate surface area is 108 Å². The van der Waals surface area contributed by atoms with Crippen LogP contribution in [0.4, 0.5) is 4.39 Å². The largest absolute Gasteiger partial charge is 0.390 e. The lowest BCUT2D eigenvalue weighted by Crippen LogP contribution is -2.27. The average molecular weight is 259 g/mol. The maximum atomic E-state index is 12.9. The Hall–Kier alpha value is -0.600. The third-order valence-corrected chi connectivity index (χ3v) is 3.20. The molecule has 96 valence electrons. The van der Waals surface area contributed by atoms with E-state index in [-0.39, 0.29) is 5.82 Å². The molecule has 1 N–H and O–H groups in total. The third-order valence-electron chi connectivity index (χ3n) is 2.85. The summed E-state index contributed by atoms with van der Waals surface area (Å²) in [5, 5.41) is 10.6. The van der Waals surface area contributed by atoms with Gasteiger partial charge < -0.3 is 5.11 Å². The number of hydrogen-bond donors (Lipinski definition) is 1. The van der Waals surface area contributed by atoms with E-state index in [1.165, 1.54) is 12.1 Å². The van der Waals surface area contributed by atoms with Crippen LogP contribution < -0.4 is 0 Å². The molecule has 17 heavy (non-hydrogen) atoms. The highest BCUT2D eigenvalue weighted by Gasteiger charge is 2.22. The molecule has 0 bridgehead atoms. The second-order valence-electron chi connectivity index (χ2n) is 5.34. The van der Waals surface area contributed by atoms with Crippen LogP contribution in [0.15, 0.2) is 18.2 Å². The molecule has 0 saturated heterocycles. The lowest BCUT2D eigenvalue weighted by Gasteiger charge is -2.24. The van der Waals surface area contributed by atoms with Crippen molar-refractivity contribution < 1.29 is 9.50 Å². The molecule has 0 amide bonds. The maximum absolute atomic E-state index is 12.9. The molecule has 0 aromatic heterocycles. The van der Waals surface area contributed by atoms with Gasteiger partial charge in [0.2, 0.25) is 0 Å². The van der Waals surface area contributed by atoms with Crippen molar-refractivity contribution in [1.29, 1.82) is 0 Å². The number of hydrogen-bond acceptors (Lipinski definition) is 1. The highest BCUT2D eigenvalue weighted by atomic mass is 35.5. The molecule has 0 fully saturated rings. The van der Waals surface area contributed by atoms with Crippen LogP contribution in [0.25, 0.3) is 0 Å². The summed E-state index contributed by atoms with van der Waals surface area (Å²) in [6, 6.07) is 4.30. The first-order chi connectivity index (χ1) is 7.80. The van der Waals surface area contributed by atoms with Gasteiger partial charge in [0.25, 0.3) is 0 Å². The second kappa shape index (κ2) is 5.83. The van der Waals surface area contributed by atoms with Crippen molar-refractivity contribution in [1.82, 2.24) is 0 Å². The molecule has 1 aromatic carbocycles. The van der Waals surface area contributed by atoms with E-state index in [0.29, 0.717) is 17.4 Å². The first-order valence-electron chi connectivity index (χ1n) is 5.96. The Bertz CT molecular complexity index is 374. The highest BCUT2D eigenvalue weighted by molar-refractivity contribution is 6.31. The summed E-state index contributed by atoms with van der Waals surface area (Å²) in [6.45, 7) is 6.05. The van der Waals surface area contributed by atoms with Crippen molar-refractivity contribution >= 4 is 11.6 Å². The minimum absolute atomic E-state index is 0.347. The van der Waals surface area contributed by atoms with Crippen molar-refractivity contribution in [2.75, 3.05) is 0 Å². The number of rotatable bonds is 5. The minimum Gasteiger partial charge on any atom is -0.390 e. The fourth-order valence-electron chi connectivity index (χ4n) is 1.76. The lowest BCUT2D eigenvalue weighted by molar-refractivity contribution is 0.0457. The molecular weight excluding hydrogens is 239 g/mol. The van der Waals surface area contributed by atoms with Crippen molar-refractivity contribution in [2.45, 2.75) is 45.6 Å². The van der Waals surface area contributed by atoms with Crippen LogP contribution in [-0.2, 0) is 6.42 Å². The average Bonchev–Trinajstić information content (AvgIpc) is 2.20. The molecule has 0 aliphatic rings. The second-order valence-corrected chi connectivity index (χ2v) is 5.75. The first-order valence-corrected chi connectivity index (χ1v) is 6.34. The van der Waals surface area contributed by atoms with Crippen LogP contribution in [0.5, 0.6) is 0 Å². The van der Waals surface area contributed by atoms with Gasteiger partial charge in [-0.2, -0.15) is 0 Å². The van der Waals surface area contributed by atoms with Gasteiger partial charge in [-0.15, -0.1) is 0 Å². The standard InChI is InChI=1S/C14H20ClFO/c1-10(2)6-7-14(3,17)9-11-4-5-12(16)8-13(11)15/h4-5,8,10,17H,6-7,9H2,1-3H3. The Morgan fingerprint density at radius 3 is 2.59 bits per heavy atom. The molecule has 0 aliphatic heterocycles. The summed E-state index contributed by atoms with van der Waals surface area (Å²) in [4.78, 5) is 0. The van der Waals surface area contributed by atoms with Crippen LogP contribution >= 0.6 is 11.6 Å². The van der Waals surface area contributed by atoms with E-state index >= 15 is 0 Å². The summed E-state index contributed by atoms with van der Waals surface area (Å²) in [5.41, 5.74) is 0.00738. The van der Waals surface area contributed by atoms with E-state index in [1.54, 1.807) is 13.0 Å². The van der Waals surface area contributed by atoms with Gasteiger partial charge in [0.1, 0.15) is 5.82 Å². The van der Waals surface area contributed by atoms with E-state index in [9.17, 15) is 9.50 Å². The predicted octanol–water partition coefficient (Wildman–Crippen LogP) is 4.21. The Kier molecular flexibility index (Phi) is 4.96. The first kappa shape index (κ1) is 14.5. The van der Waals surface area contributed by atoms with Crippen LogP contribution in [0.2, 0.25) is 5.02 Å². The molecule has 0 spiro atoms. The summed E-state index contributed by atoms with van der Waals surface area (Å²) < 4.78 is 12.9. The molecule has 0 heterocycles. The third kappa shape index (κ3) is 5.05. The van der Waals surface area contributed by atoms with Crippen molar-refractivity contribution in [3.05, 3.63) is 34.6 Å². The molecule has 1 aromatic rings. The smallest absolute Gasteiger partial charge is 0.124 e.